The molecule has 0 saturated carbocycles. The van der Waals surface area contributed by atoms with Crippen LogP contribution < -0.4 is 9.64 Å². The lowest BCUT2D eigenvalue weighted by Crippen LogP contribution is -2.33. The molecule has 0 N–H and O–H groups in total. The van der Waals surface area contributed by atoms with E-state index in [1.807, 2.05) is 12.1 Å². The molecule has 0 spiro atoms. The summed E-state index contributed by atoms with van der Waals surface area (Å²) in [5, 5.41) is 22.8. The van der Waals surface area contributed by atoms with E-state index < -0.39 is 0 Å². The van der Waals surface area contributed by atoms with Crippen LogP contribution in [0.1, 0.15) is 29.5 Å². The molecule has 4 aromatic rings. The molecule has 0 aromatic carbocycles. The summed E-state index contributed by atoms with van der Waals surface area (Å²) in [6.07, 6.45) is 5.20. The van der Waals surface area contributed by atoms with E-state index >= 15 is 0 Å². The molecule has 1 aliphatic heterocycles. The van der Waals surface area contributed by atoms with Crippen LogP contribution in [0, 0.1) is 0 Å². The van der Waals surface area contributed by atoms with Gasteiger partial charge in [-0.05, 0) is 47.5 Å². The topological polar surface area (TPSA) is 108 Å². The van der Waals surface area contributed by atoms with Crippen LogP contribution in [0.4, 0.5) is 5.82 Å². The van der Waals surface area contributed by atoms with Crippen molar-refractivity contribution in [1.82, 2.24) is 40.4 Å². The first-order valence-corrected chi connectivity index (χ1v) is 11.0. The zero-order chi connectivity index (χ0) is 21.0. The van der Waals surface area contributed by atoms with Crippen molar-refractivity contribution in [3.8, 4) is 11.6 Å². The van der Waals surface area contributed by atoms with Gasteiger partial charge in [0.05, 0.1) is 16.9 Å². The van der Waals surface area contributed by atoms with E-state index in [0.717, 1.165) is 42.5 Å². The minimum absolute atomic E-state index is 0.404. The molecule has 0 aliphatic carbocycles. The number of hydrogen-bond donors (Lipinski definition) is 0. The van der Waals surface area contributed by atoms with E-state index in [1.54, 1.807) is 29.7 Å². The van der Waals surface area contributed by atoms with Gasteiger partial charge in [-0.25, -0.2) is 9.97 Å². The standard InChI is InChI=1S/C19H18ClN9OS/c20-16-2-4-18(25-24-16)28-7-5-13(6-8-28)19-23-14(11-31-19)10-30-15-1-3-17(21-9-15)29-12-22-26-27-29/h1-4,9,11-13H,5-8,10H2. The maximum absolute atomic E-state index is 5.84. The third-order valence-corrected chi connectivity index (χ3v) is 6.30. The predicted octanol–water partition coefficient (Wildman–Crippen LogP) is 2.92. The normalized spacial score (nSPS) is 14.7. The molecule has 1 fully saturated rings. The Hall–Kier alpha value is -3.18. The highest BCUT2D eigenvalue weighted by molar-refractivity contribution is 7.09. The molecule has 10 nitrogen and oxygen atoms in total. The maximum Gasteiger partial charge on any atom is 0.157 e. The summed E-state index contributed by atoms with van der Waals surface area (Å²) < 4.78 is 7.32. The second-order valence-electron chi connectivity index (χ2n) is 7.05. The fraction of sp³-hybridized carbons (Fsp3) is 0.316. The van der Waals surface area contributed by atoms with E-state index in [-0.39, 0.29) is 0 Å². The first-order chi connectivity index (χ1) is 15.2. The fourth-order valence-corrected chi connectivity index (χ4v) is 4.50. The Bertz CT molecular complexity index is 1110. The minimum Gasteiger partial charge on any atom is -0.486 e. The highest BCUT2D eigenvalue weighted by atomic mass is 35.5. The Balaban J connectivity index is 1.14. The summed E-state index contributed by atoms with van der Waals surface area (Å²) in [5.74, 6) is 2.62. The lowest BCUT2D eigenvalue weighted by Gasteiger charge is -2.31. The second kappa shape index (κ2) is 8.90. The van der Waals surface area contributed by atoms with Crippen LogP contribution in [-0.2, 0) is 6.61 Å². The minimum atomic E-state index is 0.404. The van der Waals surface area contributed by atoms with Crippen molar-refractivity contribution >= 4 is 28.8 Å². The number of tetrazole rings is 1. The summed E-state index contributed by atoms with van der Waals surface area (Å²) in [6.45, 7) is 2.25. The number of rotatable bonds is 6. The Morgan fingerprint density at radius 3 is 2.68 bits per heavy atom. The van der Waals surface area contributed by atoms with E-state index in [2.05, 4.69) is 41.0 Å². The van der Waals surface area contributed by atoms with E-state index in [9.17, 15) is 0 Å². The number of thiazole rings is 1. The van der Waals surface area contributed by atoms with Gasteiger partial charge in [0.25, 0.3) is 0 Å². The number of pyridine rings is 1. The molecule has 158 valence electrons. The number of aromatic nitrogens is 8. The Morgan fingerprint density at radius 1 is 1.10 bits per heavy atom. The molecule has 1 saturated heterocycles. The lowest BCUT2D eigenvalue weighted by atomic mass is 9.97. The fourth-order valence-electron chi connectivity index (χ4n) is 3.43. The quantitative estimate of drug-likeness (QED) is 0.433. The maximum atomic E-state index is 5.84. The molecule has 5 heterocycles. The highest BCUT2D eigenvalue weighted by Gasteiger charge is 2.24. The molecule has 12 heteroatoms. The molecule has 0 unspecified atom stereocenters. The number of nitrogens with zero attached hydrogens (tertiary/aromatic N) is 9. The lowest BCUT2D eigenvalue weighted by molar-refractivity contribution is 0.300. The monoisotopic (exact) mass is 455 g/mol. The van der Waals surface area contributed by atoms with Crippen molar-refractivity contribution in [3.63, 3.8) is 0 Å². The third-order valence-electron chi connectivity index (χ3n) is 5.05. The van der Waals surface area contributed by atoms with E-state index in [4.69, 9.17) is 21.3 Å². The largest absolute Gasteiger partial charge is 0.486 e. The Morgan fingerprint density at radius 2 is 1.97 bits per heavy atom. The third kappa shape index (κ3) is 4.62. The van der Waals surface area contributed by atoms with Gasteiger partial charge >= 0.3 is 0 Å². The number of ether oxygens (including phenoxy) is 1. The van der Waals surface area contributed by atoms with Crippen molar-refractivity contribution in [2.24, 2.45) is 0 Å². The first kappa shape index (κ1) is 19.8. The molecule has 0 atom stereocenters. The Labute approximate surface area is 186 Å². The van der Waals surface area contributed by atoms with Gasteiger partial charge in [-0.1, -0.05) is 11.6 Å². The zero-order valence-electron chi connectivity index (χ0n) is 16.4. The first-order valence-electron chi connectivity index (χ1n) is 9.75. The molecule has 1 aliphatic rings. The van der Waals surface area contributed by atoms with Crippen LogP contribution in [-0.4, -0.2) is 53.5 Å². The summed E-state index contributed by atoms with van der Waals surface area (Å²) >= 11 is 7.52. The number of hydrogen-bond acceptors (Lipinski definition) is 10. The van der Waals surface area contributed by atoms with Gasteiger partial charge < -0.3 is 9.64 Å². The van der Waals surface area contributed by atoms with Gasteiger partial charge in [0.15, 0.2) is 16.8 Å². The molecular formula is C19H18ClN9OS. The van der Waals surface area contributed by atoms with E-state index in [0.29, 0.717) is 29.2 Å². The molecule has 0 bridgehead atoms. The molecule has 5 rings (SSSR count). The molecule has 31 heavy (non-hydrogen) atoms. The molecule has 4 aromatic heterocycles. The Kier molecular flexibility index (Phi) is 5.67. The van der Waals surface area contributed by atoms with Gasteiger partial charge in [-0.2, -0.15) is 4.68 Å². The SMILES string of the molecule is Clc1ccc(N2CCC(c3nc(COc4ccc(-n5cnnn5)nc4)cs3)CC2)nn1. The van der Waals surface area contributed by atoms with Gasteiger partial charge in [0, 0.05) is 24.4 Å². The predicted molar refractivity (Wildman–Crippen MR) is 115 cm³/mol. The summed E-state index contributed by atoms with van der Waals surface area (Å²) in [6, 6.07) is 7.33. The van der Waals surface area contributed by atoms with Crippen LogP contribution >= 0.6 is 22.9 Å². The smallest absolute Gasteiger partial charge is 0.157 e. The zero-order valence-corrected chi connectivity index (χ0v) is 17.9. The number of piperidine rings is 1. The average molecular weight is 456 g/mol. The van der Waals surface area contributed by atoms with Gasteiger partial charge in [-0.15, -0.1) is 26.6 Å². The molecular weight excluding hydrogens is 438 g/mol. The van der Waals surface area contributed by atoms with Crippen LogP contribution in [0.15, 0.2) is 42.2 Å². The molecule has 0 radical (unpaired) electrons. The number of halogens is 1. The molecule has 0 amide bonds. The van der Waals surface area contributed by atoms with Crippen molar-refractivity contribution in [2.45, 2.75) is 25.4 Å². The van der Waals surface area contributed by atoms with Crippen LogP contribution in [0.3, 0.4) is 0 Å². The summed E-state index contributed by atoms with van der Waals surface area (Å²) in [4.78, 5) is 11.3. The van der Waals surface area contributed by atoms with Gasteiger partial charge in [0.1, 0.15) is 18.7 Å². The summed E-state index contributed by atoms with van der Waals surface area (Å²) in [5.41, 5.74) is 0.926. The summed E-state index contributed by atoms with van der Waals surface area (Å²) in [7, 11) is 0. The van der Waals surface area contributed by atoms with Gasteiger partial charge in [-0.3, -0.25) is 0 Å². The van der Waals surface area contributed by atoms with Crippen LogP contribution in [0.25, 0.3) is 5.82 Å². The van der Waals surface area contributed by atoms with Crippen molar-refractivity contribution < 1.29 is 4.74 Å². The van der Waals surface area contributed by atoms with Crippen molar-refractivity contribution in [1.29, 1.82) is 0 Å². The van der Waals surface area contributed by atoms with E-state index in [1.165, 1.54) is 11.0 Å². The van der Waals surface area contributed by atoms with Crippen molar-refractivity contribution in [3.05, 3.63) is 58.0 Å². The van der Waals surface area contributed by atoms with Crippen molar-refractivity contribution in [2.75, 3.05) is 18.0 Å². The van der Waals surface area contributed by atoms with Crippen LogP contribution in [0.2, 0.25) is 5.15 Å². The average Bonchev–Trinajstić information content (AvgIpc) is 3.51. The second-order valence-corrected chi connectivity index (χ2v) is 8.32. The number of anilines is 1. The van der Waals surface area contributed by atoms with Gasteiger partial charge in [0.2, 0.25) is 0 Å². The van der Waals surface area contributed by atoms with Crippen LogP contribution in [0.5, 0.6) is 5.75 Å². The highest BCUT2D eigenvalue weighted by Crippen LogP contribution is 2.32.